The van der Waals surface area contributed by atoms with Gasteiger partial charge in [0.2, 0.25) is 0 Å². The molecule has 3 heteroatoms. The summed E-state index contributed by atoms with van der Waals surface area (Å²) >= 11 is 0. The van der Waals surface area contributed by atoms with Crippen LogP contribution >= 0.6 is 0 Å². The number of fused-ring (bicyclic) bond motifs is 3. The predicted molar refractivity (Wildman–Crippen MR) is 70.1 cm³/mol. The molecule has 2 aromatic heterocycles. The maximum absolute atomic E-state index is 5.82. The summed E-state index contributed by atoms with van der Waals surface area (Å²) in [4.78, 5) is 4.54. The second-order valence-electron chi connectivity index (χ2n) is 4.44. The molecule has 0 amide bonds. The number of aryl methyl sites for hydroxylation is 2. The molecular weight excluding hydrogens is 210 g/mol. The topological polar surface area (TPSA) is 43.3 Å². The Bertz CT molecular complexity index is 710. The van der Waals surface area contributed by atoms with Crippen LogP contribution in [0.15, 0.2) is 30.3 Å². The molecule has 3 aromatic rings. The number of hydrogen-bond acceptors (Lipinski definition) is 2. The van der Waals surface area contributed by atoms with Crippen molar-refractivity contribution in [3.8, 4) is 0 Å². The molecule has 0 spiro atoms. The highest BCUT2D eigenvalue weighted by Crippen LogP contribution is 2.21. The molecule has 86 valence electrons. The van der Waals surface area contributed by atoms with Gasteiger partial charge in [-0.1, -0.05) is 11.6 Å². The zero-order valence-corrected chi connectivity index (χ0v) is 10.1. The molecule has 17 heavy (non-hydrogen) atoms. The number of nitrogens with two attached hydrogens (primary N) is 1. The molecule has 0 bridgehead atoms. The van der Waals surface area contributed by atoms with Gasteiger partial charge < -0.3 is 5.73 Å². The Labute approximate surface area is 99.9 Å². The molecule has 0 saturated carbocycles. The number of aromatic nitrogens is 2. The van der Waals surface area contributed by atoms with Crippen molar-refractivity contribution in [2.45, 2.75) is 20.4 Å². The van der Waals surface area contributed by atoms with Gasteiger partial charge in [-0.3, -0.25) is 4.40 Å². The van der Waals surface area contributed by atoms with Gasteiger partial charge in [0.05, 0.1) is 16.9 Å². The van der Waals surface area contributed by atoms with Crippen LogP contribution in [-0.2, 0) is 6.54 Å². The van der Waals surface area contributed by atoms with Gasteiger partial charge in [0, 0.05) is 6.54 Å². The predicted octanol–water partition coefficient (Wildman–Crippen LogP) is 2.56. The van der Waals surface area contributed by atoms with Gasteiger partial charge in [0.1, 0.15) is 5.65 Å². The lowest BCUT2D eigenvalue weighted by molar-refractivity contribution is 0.961. The number of pyridine rings is 1. The summed E-state index contributed by atoms with van der Waals surface area (Å²) < 4.78 is 2.16. The lowest BCUT2D eigenvalue weighted by Crippen LogP contribution is -2.03. The smallest absolute Gasteiger partial charge is 0.137 e. The van der Waals surface area contributed by atoms with E-state index in [-0.39, 0.29) is 0 Å². The average molecular weight is 225 g/mol. The minimum Gasteiger partial charge on any atom is -0.325 e. The summed E-state index contributed by atoms with van der Waals surface area (Å²) in [5, 5.41) is 1.23. The van der Waals surface area contributed by atoms with Crippen LogP contribution in [-0.4, -0.2) is 9.38 Å². The number of imidazole rings is 1. The molecule has 2 N–H and O–H groups in total. The van der Waals surface area contributed by atoms with Crippen LogP contribution in [0, 0.1) is 13.8 Å². The van der Waals surface area contributed by atoms with Crippen LogP contribution in [0.5, 0.6) is 0 Å². The Morgan fingerprint density at radius 3 is 2.76 bits per heavy atom. The van der Waals surface area contributed by atoms with E-state index in [1.165, 1.54) is 16.5 Å². The maximum Gasteiger partial charge on any atom is 0.137 e. The van der Waals surface area contributed by atoms with Crippen LogP contribution in [0.1, 0.15) is 17.0 Å². The Morgan fingerprint density at radius 2 is 2.00 bits per heavy atom. The minimum atomic E-state index is 0.514. The highest BCUT2D eigenvalue weighted by molar-refractivity contribution is 5.83. The van der Waals surface area contributed by atoms with E-state index in [2.05, 4.69) is 40.6 Å². The van der Waals surface area contributed by atoms with Gasteiger partial charge in [0.25, 0.3) is 0 Å². The van der Waals surface area contributed by atoms with E-state index in [4.69, 9.17) is 5.73 Å². The van der Waals surface area contributed by atoms with E-state index in [1.54, 1.807) is 0 Å². The zero-order valence-electron chi connectivity index (χ0n) is 10.1. The van der Waals surface area contributed by atoms with Crippen molar-refractivity contribution in [3.63, 3.8) is 0 Å². The molecule has 0 aliphatic carbocycles. The molecule has 0 aliphatic rings. The quantitative estimate of drug-likeness (QED) is 0.691. The molecule has 0 fully saturated rings. The van der Waals surface area contributed by atoms with Crippen LogP contribution in [0.4, 0.5) is 0 Å². The Hall–Kier alpha value is -1.87. The number of rotatable bonds is 1. The summed E-state index contributed by atoms with van der Waals surface area (Å²) in [5.74, 6) is 0. The maximum atomic E-state index is 5.82. The van der Waals surface area contributed by atoms with Crippen molar-refractivity contribution in [3.05, 3.63) is 47.3 Å². The summed E-state index contributed by atoms with van der Waals surface area (Å²) in [6.07, 6.45) is 0. The fraction of sp³-hybridized carbons (Fsp3) is 0.214. The lowest BCUT2D eigenvalue weighted by atomic mass is 10.1. The van der Waals surface area contributed by atoms with E-state index < -0.39 is 0 Å². The molecule has 3 rings (SSSR count). The molecule has 2 heterocycles. The van der Waals surface area contributed by atoms with Crippen LogP contribution in [0.25, 0.3) is 16.6 Å². The van der Waals surface area contributed by atoms with E-state index in [0.29, 0.717) is 6.54 Å². The highest BCUT2D eigenvalue weighted by atomic mass is 15.0. The Kier molecular flexibility index (Phi) is 2.16. The van der Waals surface area contributed by atoms with Crippen molar-refractivity contribution in [2.24, 2.45) is 5.73 Å². The third kappa shape index (κ3) is 1.43. The highest BCUT2D eigenvalue weighted by Gasteiger charge is 2.09. The summed E-state index contributed by atoms with van der Waals surface area (Å²) in [6.45, 7) is 4.63. The summed E-state index contributed by atoms with van der Waals surface area (Å²) in [6, 6.07) is 10.6. The SMILES string of the molecule is Cc1ccc2c(ccc3nc(C)c(CN)n32)c1. The third-order valence-corrected chi connectivity index (χ3v) is 3.23. The van der Waals surface area contributed by atoms with Crippen molar-refractivity contribution < 1.29 is 0 Å². The van der Waals surface area contributed by atoms with Crippen molar-refractivity contribution in [2.75, 3.05) is 0 Å². The summed E-state index contributed by atoms with van der Waals surface area (Å²) in [7, 11) is 0. The molecular formula is C14H15N3. The number of hydrogen-bond donors (Lipinski definition) is 1. The lowest BCUT2D eigenvalue weighted by Gasteiger charge is -2.06. The molecule has 0 aliphatic heterocycles. The fourth-order valence-electron chi connectivity index (χ4n) is 2.38. The molecule has 1 aromatic carbocycles. The fourth-order valence-corrected chi connectivity index (χ4v) is 2.38. The first kappa shape index (κ1) is 10.3. The average Bonchev–Trinajstić information content (AvgIpc) is 2.64. The van der Waals surface area contributed by atoms with E-state index >= 15 is 0 Å². The molecule has 0 saturated heterocycles. The van der Waals surface area contributed by atoms with Gasteiger partial charge in [-0.2, -0.15) is 0 Å². The van der Waals surface area contributed by atoms with Crippen LogP contribution in [0.2, 0.25) is 0 Å². The normalized spacial score (nSPS) is 11.5. The first-order valence-electron chi connectivity index (χ1n) is 5.78. The van der Waals surface area contributed by atoms with Crippen LogP contribution in [0.3, 0.4) is 0 Å². The largest absolute Gasteiger partial charge is 0.325 e. The summed E-state index contributed by atoms with van der Waals surface area (Å²) in [5.41, 5.74) is 11.3. The first-order valence-corrected chi connectivity index (χ1v) is 5.78. The third-order valence-electron chi connectivity index (χ3n) is 3.23. The van der Waals surface area contributed by atoms with Gasteiger partial charge in [-0.15, -0.1) is 0 Å². The second kappa shape index (κ2) is 3.57. The van der Waals surface area contributed by atoms with E-state index in [9.17, 15) is 0 Å². The van der Waals surface area contributed by atoms with Crippen molar-refractivity contribution in [1.29, 1.82) is 0 Å². The van der Waals surface area contributed by atoms with Gasteiger partial charge in [0.15, 0.2) is 0 Å². The van der Waals surface area contributed by atoms with Crippen molar-refractivity contribution >= 4 is 16.6 Å². The Balaban J connectivity index is 2.53. The number of nitrogens with zero attached hydrogens (tertiary/aromatic N) is 2. The standard InChI is InChI=1S/C14H15N3/c1-9-3-5-12-11(7-9)4-6-14-16-10(2)13(8-15)17(12)14/h3-7H,8,15H2,1-2H3. The van der Waals surface area contributed by atoms with Gasteiger partial charge in [-0.05, 0) is 43.5 Å². The van der Waals surface area contributed by atoms with E-state index in [0.717, 1.165) is 17.0 Å². The monoisotopic (exact) mass is 225 g/mol. The van der Waals surface area contributed by atoms with Gasteiger partial charge >= 0.3 is 0 Å². The zero-order chi connectivity index (χ0) is 12.0. The molecule has 3 nitrogen and oxygen atoms in total. The molecule has 0 unspecified atom stereocenters. The molecule has 0 atom stereocenters. The number of benzene rings is 1. The molecule has 0 radical (unpaired) electrons. The van der Waals surface area contributed by atoms with Crippen molar-refractivity contribution in [1.82, 2.24) is 9.38 Å². The van der Waals surface area contributed by atoms with E-state index in [1.807, 2.05) is 13.0 Å². The van der Waals surface area contributed by atoms with Gasteiger partial charge in [-0.25, -0.2) is 4.98 Å². The Morgan fingerprint density at radius 1 is 1.18 bits per heavy atom. The minimum absolute atomic E-state index is 0.514. The van der Waals surface area contributed by atoms with Crippen LogP contribution < -0.4 is 5.73 Å². The second-order valence-corrected chi connectivity index (χ2v) is 4.44. The first-order chi connectivity index (χ1) is 8.20.